The van der Waals surface area contributed by atoms with Gasteiger partial charge in [-0.1, -0.05) is 11.6 Å². The largest absolute Gasteiger partial charge is 0.480 e. The molecule has 2 amide bonds. The van der Waals surface area contributed by atoms with Crippen LogP contribution in [-0.4, -0.2) is 58.5 Å². The second kappa shape index (κ2) is 9.07. The van der Waals surface area contributed by atoms with Gasteiger partial charge in [0, 0.05) is 26.2 Å². The number of ether oxygens (including phenoxy) is 1. The average Bonchev–Trinajstić information content (AvgIpc) is 2.52. The number of carbonyl (C=O) groups is 3. The van der Waals surface area contributed by atoms with E-state index in [1.54, 1.807) is 6.92 Å². The lowest BCUT2D eigenvalue weighted by molar-refractivity contribution is -0.141. The Labute approximate surface area is 144 Å². The summed E-state index contributed by atoms with van der Waals surface area (Å²) in [5, 5.41) is 11.9. The van der Waals surface area contributed by atoms with Gasteiger partial charge < -0.3 is 20.1 Å². The lowest BCUT2D eigenvalue weighted by Gasteiger charge is -2.26. The topological polar surface area (TPSA) is 109 Å². The first kappa shape index (κ1) is 19.7. The van der Waals surface area contributed by atoms with Gasteiger partial charge in [0.2, 0.25) is 11.8 Å². The van der Waals surface area contributed by atoms with Gasteiger partial charge in [-0.3, -0.25) is 9.59 Å². The van der Waals surface area contributed by atoms with E-state index in [4.69, 9.17) is 16.3 Å². The van der Waals surface area contributed by atoms with Crippen LogP contribution in [0.25, 0.3) is 0 Å². The van der Waals surface area contributed by atoms with Crippen molar-refractivity contribution in [1.29, 1.82) is 0 Å². The minimum absolute atomic E-state index is 0.0384. The maximum atomic E-state index is 12.6. The molecule has 0 fully saturated rings. The van der Waals surface area contributed by atoms with E-state index in [1.165, 1.54) is 26.1 Å². The zero-order valence-corrected chi connectivity index (χ0v) is 14.5. The average molecular weight is 358 g/mol. The highest BCUT2D eigenvalue weighted by Crippen LogP contribution is 2.23. The van der Waals surface area contributed by atoms with Gasteiger partial charge in [0.05, 0.1) is 12.2 Å². The number of amides is 2. The predicted molar refractivity (Wildman–Crippen MR) is 87.2 cm³/mol. The summed E-state index contributed by atoms with van der Waals surface area (Å²) in [5.74, 6) is -1.77. The summed E-state index contributed by atoms with van der Waals surface area (Å²) in [6.45, 7) is 5.04. The molecule has 0 aliphatic heterocycles. The highest BCUT2D eigenvalue weighted by Gasteiger charge is 2.27. The molecule has 0 saturated heterocycles. The van der Waals surface area contributed by atoms with Crippen molar-refractivity contribution in [3.63, 3.8) is 0 Å². The maximum absolute atomic E-state index is 12.6. The van der Waals surface area contributed by atoms with Crippen molar-refractivity contribution >= 4 is 29.4 Å². The SMILES string of the molecule is CCOc1ncc(C(=O)N(CCNC(C)=O)C(C)C(=O)O)cc1Cl. The van der Waals surface area contributed by atoms with Crippen LogP contribution < -0.4 is 10.1 Å². The van der Waals surface area contributed by atoms with Crippen LogP contribution in [0.1, 0.15) is 31.1 Å². The number of nitrogens with zero attached hydrogens (tertiary/aromatic N) is 2. The number of hydrogen-bond donors (Lipinski definition) is 2. The smallest absolute Gasteiger partial charge is 0.326 e. The molecule has 1 rings (SSSR count). The second-order valence-corrected chi connectivity index (χ2v) is 5.35. The molecule has 1 atom stereocenters. The van der Waals surface area contributed by atoms with Gasteiger partial charge in [0.1, 0.15) is 11.1 Å². The third-order valence-electron chi connectivity index (χ3n) is 3.15. The van der Waals surface area contributed by atoms with E-state index in [1.807, 2.05) is 0 Å². The number of hydrogen-bond acceptors (Lipinski definition) is 5. The number of nitrogens with one attached hydrogen (secondary N) is 1. The molecule has 1 unspecified atom stereocenters. The Morgan fingerprint density at radius 2 is 2.12 bits per heavy atom. The van der Waals surface area contributed by atoms with Gasteiger partial charge in [0.15, 0.2) is 0 Å². The zero-order valence-electron chi connectivity index (χ0n) is 13.7. The number of aromatic nitrogens is 1. The highest BCUT2D eigenvalue weighted by atomic mass is 35.5. The number of rotatable bonds is 8. The van der Waals surface area contributed by atoms with Crippen molar-refractivity contribution in [2.45, 2.75) is 26.8 Å². The van der Waals surface area contributed by atoms with Crippen LogP contribution in [0.2, 0.25) is 5.02 Å². The van der Waals surface area contributed by atoms with Crippen molar-refractivity contribution < 1.29 is 24.2 Å². The lowest BCUT2D eigenvalue weighted by Crippen LogP contribution is -2.46. The number of aliphatic carboxylic acids is 1. The number of halogens is 1. The molecule has 0 aromatic carbocycles. The number of carboxylic acids is 1. The summed E-state index contributed by atoms with van der Waals surface area (Å²) in [5.41, 5.74) is 0.138. The third kappa shape index (κ3) is 5.38. The summed E-state index contributed by atoms with van der Waals surface area (Å²) in [7, 11) is 0. The van der Waals surface area contributed by atoms with Crippen molar-refractivity contribution in [2.75, 3.05) is 19.7 Å². The molecule has 0 aliphatic carbocycles. The Balaban J connectivity index is 2.99. The molecule has 1 aromatic rings. The van der Waals surface area contributed by atoms with Crippen LogP contribution in [0, 0.1) is 0 Å². The second-order valence-electron chi connectivity index (χ2n) is 4.94. The van der Waals surface area contributed by atoms with E-state index in [2.05, 4.69) is 10.3 Å². The Morgan fingerprint density at radius 1 is 1.46 bits per heavy atom. The fraction of sp³-hybridized carbons (Fsp3) is 0.467. The zero-order chi connectivity index (χ0) is 18.3. The first-order valence-corrected chi connectivity index (χ1v) is 7.72. The van der Waals surface area contributed by atoms with Gasteiger partial charge >= 0.3 is 5.97 Å². The molecule has 9 heteroatoms. The van der Waals surface area contributed by atoms with Crippen LogP contribution >= 0.6 is 11.6 Å². The summed E-state index contributed by atoms with van der Waals surface area (Å²) < 4.78 is 5.20. The Hall–Kier alpha value is -2.35. The molecular formula is C15H20ClN3O5. The summed E-state index contributed by atoms with van der Waals surface area (Å²) in [4.78, 5) is 39.9. The molecule has 0 bridgehead atoms. The molecular weight excluding hydrogens is 338 g/mol. The van der Waals surface area contributed by atoms with E-state index >= 15 is 0 Å². The fourth-order valence-electron chi connectivity index (χ4n) is 1.91. The Kier molecular flexibility index (Phi) is 7.44. The monoisotopic (exact) mass is 357 g/mol. The number of pyridine rings is 1. The predicted octanol–water partition coefficient (Wildman–Crippen LogP) is 1.19. The number of carboxylic acid groups (broad SMARTS) is 1. The van der Waals surface area contributed by atoms with Crippen LogP contribution in [0.4, 0.5) is 0 Å². The van der Waals surface area contributed by atoms with E-state index in [9.17, 15) is 19.5 Å². The molecule has 8 nitrogen and oxygen atoms in total. The minimum atomic E-state index is -1.16. The summed E-state index contributed by atoms with van der Waals surface area (Å²) >= 11 is 6.01. The normalized spacial score (nSPS) is 11.5. The van der Waals surface area contributed by atoms with Gasteiger partial charge in [-0.25, -0.2) is 9.78 Å². The van der Waals surface area contributed by atoms with E-state index < -0.39 is 17.9 Å². The van der Waals surface area contributed by atoms with Crippen LogP contribution in [-0.2, 0) is 9.59 Å². The Morgan fingerprint density at radius 3 is 2.62 bits per heavy atom. The molecule has 1 aromatic heterocycles. The van der Waals surface area contributed by atoms with Gasteiger partial charge in [0.25, 0.3) is 5.91 Å². The highest BCUT2D eigenvalue weighted by molar-refractivity contribution is 6.32. The summed E-state index contributed by atoms with van der Waals surface area (Å²) in [6.07, 6.45) is 1.28. The van der Waals surface area contributed by atoms with Crippen molar-refractivity contribution in [1.82, 2.24) is 15.2 Å². The third-order valence-corrected chi connectivity index (χ3v) is 3.42. The molecule has 132 valence electrons. The van der Waals surface area contributed by atoms with Crippen LogP contribution in [0.3, 0.4) is 0 Å². The number of carbonyl (C=O) groups excluding carboxylic acids is 2. The first-order chi connectivity index (χ1) is 11.3. The van der Waals surface area contributed by atoms with E-state index in [0.717, 1.165) is 4.90 Å². The Bertz CT molecular complexity index is 623. The van der Waals surface area contributed by atoms with E-state index in [-0.39, 0.29) is 35.5 Å². The molecule has 1 heterocycles. The minimum Gasteiger partial charge on any atom is -0.480 e. The van der Waals surface area contributed by atoms with Gasteiger partial charge in [-0.05, 0) is 19.9 Å². The fourth-order valence-corrected chi connectivity index (χ4v) is 2.13. The van der Waals surface area contributed by atoms with E-state index in [0.29, 0.717) is 6.61 Å². The molecule has 0 aliphatic rings. The van der Waals surface area contributed by atoms with Gasteiger partial charge in [-0.2, -0.15) is 0 Å². The van der Waals surface area contributed by atoms with Crippen molar-refractivity contribution in [3.05, 3.63) is 22.8 Å². The lowest BCUT2D eigenvalue weighted by atomic mass is 10.2. The maximum Gasteiger partial charge on any atom is 0.326 e. The molecule has 0 saturated carbocycles. The molecule has 0 spiro atoms. The quantitative estimate of drug-likeness (QED) is 0.723. The van der Waals surface area contributed by atoms with Crippen molar-refractivity contribution in [2.24, 2.45) is 0 Å². The molecule has 0 radical (unpaired) electrons. The standard InChI is InChI=1S/C15H20ClN3O5/c1-4-24-13-12(16)7-11(8-18-13)14(21)19(9(2)15(22)23)6-5-17-10(3)20/h7-9H,4-6H2,1-3H3,(H,17,20)(H,22,23). The molecule has 2 N–H and O–H groups in total. The van der Waals surface area contributed by atoms with Gasteiger partial charge in [-0.15, -0.1) is 0 Å². The summed E-state index contributed by atoms with van der Waals surface area (Å²) in [6, 6.07) is 0.304. The van der Waals surface area contributed by atoms with Crippen LogP contribution in [0.15, 0.2) is 12.3 Å². The molecule has 24 heavy (non-hydrogen) atoms. The van der Waals surface area contributed by atoms with Crippen molar-refractivity contribution in [3.8, 4) is 5.88 Å². The van der Waals surface area contributed by atoms with Crippen LogP contribution in [0.5, 0.6) is 5.88 Å². The first-order valence-electron chi connectivity index (χ1n) is 7.34.